The topological polar surface area (TPSA) is 49.3 Å². The number of anilines is 1. The predicted molar refractivity (Wildman–Crippen MR) is 44.9 cm³/mol. The molecule has 0 radical (unpaired) electrons. The minimum absolute atomic E-state index is 0.308. The molecule has 0 aromatic heterocycles. The summed E-state index contributed by atoms with van der Waals surface area (Å²) in [6, 6.07) is 6.52. The second-order valence-electron chi connectivity index (χ2n) is 2.99. The first kappa shape index (κ1) is 8.19. The van der Waals surface area contributed by atoms with Crippen LogP contribution in [0.3, 0.4) is 0 Å². The molecule has 0 saturated heterocycles. The van der Waals surface area contributed by atoms with E-state index < -0.39 is 18.2 Å². The number of nitrogens with one attached hydrogen (secondary N) is 1. The van der Waals surface area contributed by atoms with E-state index in [1.54, 1.807) is 18.2 Å². The van der Waals surface area contributed by atoms with E-state index >= 15 is 0 Å². The van der Waals surface area contributed by atoms with Gasteiger partial charge in [0.15, 0.2) is 5.60 Å². The van der Waals surface area contributed by atoms with Gasteiger partial charge in [-0.1, -0.05) is 18.2 Å². The maximum absolute atomic E-state index is 12.5. The average Bonchev–Trinajstić information content (AvgIpc) is 2.41. The smallest absolute Gasteiger partial charge is 0.263 e. The van der Waals surface area contributed by atoms with Crippen molar-refractivity contribution in [2.45, 2.75) is 5.60 Å². The van der Waals surface area contributed by atoms with Crippen LogP contribution in [0.5, 0.6) is 0 Å². The van der Waals surface area contributed by atoms with Crippen LogP contribution >= 0.6 is 0 Å². The van der Waals surface area contributed by atoms with Gasteiger partial charge in [-0.2, -0.15) is 0 Å². The summed E-state index contributed by atoms with van der Waals surface area (Å²) in [4.78, 5) is 11.2. The van der Waals surface area contributed by atoms with Gasteiger partial charge in [-0.15, -0.1) is 0 Å². The summed E-state index contributed by atoms with van der Waals surface area (Å²) in [6.45, 7) is -1.10. The minimum atomic E-state index is -1.99. The normalized spacial score (nSPS) is 25.5. The minimum Gasteiger partial charge on any atom is -0.373 e. The van der Waals surface area contributed by atoms with Crippen LogP contribution in [-0.4, -0.2) is 17.7 Å². The molecule has 1 heterocycles. The number of carbonyl (C=O) groups is 1. The van der Waals surface area contributed by atoms with Gasteiger partial charge in [0, 0.05) is 11.3 Å². The third-order valence-electron chi connectivity index (χ3n) is 2.19. The van der Waals surface area contributed by atoms with Crippen LogP contribution in [0, 0.1) is 0 Å². The zero-order valence-corrected chi connectivity index (χ0v) is 6.75. The van der Waals surface area contributed by atoms with E-state index in [2.05, 4.69) is 5.32 Å². The fourth-order valence-corrected chi connectivity index (χ4v) is 1.43. The van der Waals surface area contributed by atoms with Crippen molar-refractivity contribution in [3.8, 4) is 0 Å². The Morgan fingerprint density at radius 3 is 2.85 bits per heavy atom. The van der Waals surface area contributed by atoms with Crippen LogP contribution in [-0.2, 0) is 10.4 Å². The molecule has 2 N–H and O–H groups in total. The molecule has 1 amide bonds. The van der Waals surface area contributed by atoms with Crippen molar-refractivity contribution in [2.24, 2.45) is 0 Å². The lowest BCUT2D eigenvalue weighted by Crippen LogP contribution is -2.36. The zero-order valence-electron chi connectivity index (χ0n) is 6.75. The number of benzene rings is 1. The quantitative estimate of drug-likeness (QED) is 0.673. The molecule has 68 valence electrons. The Balaban J connectivity index is 2.59. The third-order valence-corrected chi connectivity index (χ3v) is 2.19. The fourth-order valence-electron chi connectivity index (χ4n) is 1.43. The molecule has 0 saturated carbocycles. The van der Waals surface area contributed by atoms with Crippen LogP contribution in [0.1, 0.15) is 5.56 Å². The monoisotopic (exact) mass is 181 g/mol. The molecule has 1 aliphatic heterocycles. The molecule has 2 rings (SSSR count). The van der Waals surface area contributed by atoms with Crippen LogP contribution < -0.4 is 5.32 Å². The summed E-state index contributed by atoms with van der Waals surface area (Å²) in [7, 11) is 0. The van der Waals surface area contributed by atoms with Crippen LogP contribution in [0.2, 0.25) is 0 Å². The summed E-state index contributed by atoms with van der Waals surface area (Å²) >= 11 is 0. The van der Waals surface area contributed by atoms with Crippen molar-refractivity contribution in [3.63, 3.8) is 0 Å². The van der Waals surface area contributed by atoms with E-state index in [-0.39, 0.29) is 0 Å². The molecule has 3 nitrogen and oxygen atoms in total. The second-order valence-corrected chi connectivity index (χ2v) is 2.99. The highest BCUT2D eigenvalue weighted by Crippen LogP contribution is 2.35. The number of hydrogen-bond donors (Lipinski definition) is 2. The molecular formula is C9H8FNO2. The van der Waals surface area contributed by atoms with Crippen LogP contribution in [0.25, 0.3) is 0 Å². The van der Waals surface area contributed by atoms with Crippen LogP contribution in [0.15, 0.2) is 24.3 Å². The highest BCUT2D eigenvalue weighted by Gasteiger charge is 2.45. The van der Waals surface area contributed by atoms with Crippen molar-refractivity contribution in [1.29, 1.82) is 0 Å². The van der Waals surface area contributed by atoms with Gasteiger partial charge in [-0.05, 0) is 6.07 Å². The molecule has 1 aliphatic rings. The molecule has 0 spiro atoms. The first-order valence-electron chi connectivity index (χ1n) is 3.88. The van der Waals surface area contributed by atoms with Gasteiger partial charge in [0.1, 0.15) is 6.67 Å². The van der Waals surface area contributed by atoms with E-state index in [4.69, 9.17) is 0 Å². The molecule has 0 aliphatic carbocycles. The molecule has 1 aromatic carbocycles. The Morgan fingerprint density at radius 2 is 2.15 bits per heavy atom. The number of alkyl halides is 1. The van der Waals surface area contributed by atoms with E-state index in [1.807, 2.05) is 0 Å². The van der Waals surface area contributed by atoms with Gasteiger partial charge >= 0.3 is 0 Å². The lowest BCUT2D eigenvalue weighted by Gasteiger charge is -2.15. The molecule has 0 bridgehead atoms. The summed E-state index contributed by atoms with van der Waals surface area (Å²) in [5.74, 6) is -0.698. The standard InChI is InChI=1S/C9H8FNO2/c10-5-9(13)6-3-1-2-4-7(6)11-8(9)12/h1-4,13H,5H2,(H,11,12). The lowest BCUT2D eigenvalue weighted by atomic mass is 9.97. The SMILES string of the molecule is O=C1Nc2ccccc2C1(O)CF. The first-order valence-corrected chi connectivity index (χ1v) is 3.88. The molecule has 4 heteroatoms. The van der Waals surface area contributed by atoms with Gasteiger partial charge in [0.05, 0.1) is 0 Å². The van der Waals surface area contributed by atoms with Gasteiger partial charge in [-0.3, -0.25) is 4.79 Å². The molecule has 1 aromatic rings. The summed E-state index contributed by atoms with van der Waals surface area (Å²) in [6.07, 6.45) is 0. The number of rotatable bonds is 1. The van der Waals surface area contributed by atoms with Gasteiger partial charge in [-0.25, -0.2) is 4.39 Å². The van der Waals surface area contributed by atoms with Gasteiger partial charge < -0.3 is 10.4 Å². The Hall–Kier alpha value is -1.42. The van der Waals surface area contributed by atoms with Crippen molar-refractivity contribution in [1.82, 2.24) is 0 Å². The van der Waals surface area contributed by atoms with E-state index in [0.29, 0.717) is 11.3 Å². The van der Waals surface area contributed by atoms with Crippen LogP contribution in [0.4, 0.5) is 10.1 Å². The lowest BCUT2D eigenvalue weighted by molar-refractivity contribution is -0.135. The maximum atomic E-state index is 12.5. The number of hydrogen-bond acceptors (Lipinski definition) is 2. The molecule has 0 fully saturated rings. The van der Waals surface area contributed by atoms with E-state index in [1.165, 1.54) is 6.07 Å². The van der Waals surface area contributed by atoms with Crippen molar-refractivity contribution < 1.29 is 14.3 Å². The Labute approximate surface area is 74.2 Å². The van der Waals surface area contributed by atoms with Crippen molar-refractivity contribution >= 4 is 11.6 Å². The van der Waals surface area contributed by atoms with Crippen molar-refractivity contribution in [3.05, 3.63) is 29.8 Å². The number of para-hydroxylation sites is 1. The predicted octanol–water partition coefficient (Wildman–Crippen LogP) is 0.796. The zero-order chi connectivity index (χ0) is 9.47. The number of aliphatic hydroxyl groups is 1. The summed E-state index contributed by atoms with van der Waals surface area (Å²) in [5, 5.41) is 12.0. The Bertz CT molecular complexity index is 366. The number of amides is 1. The number of carbonyl (C=O) groups excluding carboxylic acids is 1. The fraction of sp³-hybridized carbons (Fsp3) is 0.222. The second kappa shape index (κ2) is 2.53. The van der Waals surface area contributed by atoms with E-state index in [0.717, 1.165) is 0 Å². The number of halogens is 1. The maximum Gasteiger partial charge on any atom is 0.263 e. The highest BCUT2D eigenvalue weighted by atomic mass is 19.1. The van der Waals surface area contributed by atoms with E-state index in [9.17, 15) is 14.3 Å². The van der Waals surface area contributed by atoms with Gasteiger partial charge in [0.25, 0.3) is 5.91 Å². The first-order chi connectivity index (χ1) is 6.18. The highest BCUT2D eigenvalue weighted by molar-refractivity contribution is 6.04. The number of fused-ring (bicyclic) bond motifs is 1. The average molecular weight is 181 g/mol. The molecule has 1 unspecified atom stereocenters. The molecular weight excluding hydrogens is 173 g/mol. The molecule has 13 heavy (non-hydrogen) atoms. The summed E-state index contributed by atoms with van der Waals surface area (Å²) < 4.78 is 12.5. The Morgan fingerprint density at radius 1 is 1.46 bits per heavy atom. The summed E-state index contributed by atoms with van der Waals surface area (Å²) in [5.41, 5.74) is -1.20. The van der Waals surface area contributed by atoms with Gasteiger partial charge in [0.2, 0.25) is 0 Å². The Kier molecular flexibility index (Phi) is 1.60. The largest absolute Gasteiger partial charge is 0.373 e. The third kappa shape index (κ3) is 0.954. The van der Waals surface area contributed by atoms with Crippen molar-refractivity contribution in [2.75, 3.05) is 12.0 Å². The molecule has 1 atom stereocenters.